The van der Waals surface area contributed by atoms with Crippen LogP contribution in [-0.4, -0.2) is 16.2 Å². The van der Waals surface area contributed by atoms with Crippen molar-refractivity contribution in [2.24, 2.45) is 5.73 Å². The van der Waals surface area contributed by atoms with Crippen molar-refractivity contribution < 1.29 is 15.0 Å². The first-order chi connectivity index (χ1) is 6.52. The zero-order chi connectivity index (χ0) is 10.6. The van der Waals surface area contributed by atoms with E-state index in [0.29, 0.717) is 5.56 Å². The average molecular weight is 195 g/mol. The summed E-state index contributed by atoms with van der Waals surface area (Å²) in [5, 5.41) is 18.2. The molecule has 0 aromatic heterocycles. The van der Waals surface area contributed by atoms with Crippen molar-refractivity contribution in [2.75, 3.05) is 0 Å². The first kappa shape index (κ1) is 10.7. The lowest BCUT2D eigenvalue weighted by Crippen LogP contribution is -2.36. The largest absolute Gasteiger partial charge is 0.481 e. The molecule has 0 radical (unpaired) electrons. The van der Waals surface area contributed by atoms with E-state index in [4.69, 9.17) is 10.8 Å². The molecule has 0 fully saturated rings. The fourth-order valence-electron chi connectivity index (χ4n) is 1.17. The Hall–Kier alpha value is -1.39. The van der Waals surface area contributed by atoms with Crippen LogP contribution in [0, 0.1) is 0 Å². The molecule has 0 aliphatic carbocycles. The first-order valence-electron chi connectivity index (χ1n) is 4.31. The molecule has 1 unspecified atom stereocenters. The quantitative estimate of drug-likeness (QED) is 0.616. The highest BCUT2D eigenvalue weighted by molar-refractivity contribution is 5.66. The van der Waals surface area contributed by atoms with E-state index in [1.54, 1.807) is 30.3 Å². The predicted octanol–water partition coefficient (Wildman–Crippen LogP) is 0.655. The summed E-state index contributed by atoms with van der Waals surface area (Å²) in [6, 6.07) is 8.63. The van der Waals surface area contributed by atoms with E-state index < -0.39 is 11.7 Å². The molecule has 0 amide bonds. The van der Waals surface area contributed by atoms with Crippen molar-refractivity contribution in [1.29, 1.82) is 0 Å². The van der Waals surface area contributed by atoms with Crippen LogP contribution in [0.4, 0.5) is 0 Å². The van der Waals surface area contributed by atoms with Crippen molar-refractivity contribution in [1.82, 2.24) is 0 Å². The molecule has 0 saturated carbocycles. The maximum atomic E-state index is 10.3. The van der Waals surface area contributed by atoms with Crippen molar-refractivity contribution in [3.8, 4) is 0 Å². The Morgan fingerprint density at radius 2 is 1.93 bits per heavy atom. The van der Waals surface area contributed by atoms with Crippen LogP contribution in [0.3, 0.4) is 0 Å². The third kappa shape index (κ3) is 2.83. The second-order valence-corrected chi connectivity index (χ2v) is 3.18. The number of aliphatic carboxylic acids is 1. The second kappa shape index (κ2) is 4.21. The van der Waals surface area contributed by atoms with Gasteiger partial charge in [-0.15, -0.1) is 0 Å². The van der Waals surface area contributed by atoms with Gasteiger partial charge in [0.25, 0.3) is 0 Å². The zero-order valence-corrected chi connectivity index (χ0v) is 7.68. The maximum absolute atomic E-state index is 10.3. The Labute approximate surface area is 82.0 Å². The number of hydrogen-bond acceptors (Lipinski definition) is 3. The Balaban J connectivity index is 2.70. The molecule has 4 heteroatoms. The summed E-state index contributed by atoms with van der Waals surface area (Å²) in [7, 11) is 0. The van der Waals surface area contributed by atoms with Gasteiger partial charge in [0, 0.05) is 12.8 Å². The third-order valence-electron chi connectivity index (χ3n) is 1.99. The first-order valence-corrected chi connectivity index (χ1v) is 4.31. The summed E-state index contributed by atoms with van der Waals surface area (Å²) in [6.45, 7) is 0. The number of hydrogen-bond donors (Lipinski definition) is 3. The Morgan fingerprint density at radius 3 is 2.43 bits per heavy atom. The monoisotopic (exact) mass is 195 g/mol. The Bertz CT molecular complexity index is 308. The molecule has 4 N–H and O–H groups in total. The highest BCUT2D eigenvalue weighted by Gasteiger charge is 2.23. The molecule has 0 bridgehead atoms. The van der Waals surface area contributed by atoms with Crippen molar-refractivity contribution in [3.63, 3.8) is 0 Å². The molecule has 14 heavy (non-hydrogen) atoms. The predicted molar refractivity (Wildman–Crippen MR) is 51.4 cm³/mol. The molecule has 0 aliphatic heterocycles. The molecule has 1 rings (SSSR count). The zero-order valence-electron chi connectivity index (χ0n) is 7.68. The van der Waals surface area contributed by atoms with E-state index in [9.17, 15) is 9.90 Å². The summed E-state index contributed by atoms with van der Waals surface area (Å²) in [5.74, 6) is -0.968. The van der Waals surface area contributed by atoms with E-state index in [2.05, 4.69) is 0 Å². The molecule has 0 saturated heterocycles. The number of nitrogens with two attached hydrogens (primary N) is 1. The number of rotatable bonds is 4. The normalized spacial score (nSPS) is 14.7. The Morgan fingerprint density at radius 1 is 1.36 bits per heavy atom. The number of carbonyl (C=O) groups is 1. The smallest absolute Gasteiger partial charge is 0.303 e. The Kier molecular flexibility index (Phi) is 3.22. The molecule has 0 aliphatic rings. The van der Waals surface area contributed by atoms with Crippen LogP contribution >= 0.6 is 0 Å². The van der Waals surface area contributed by atoms with E-state index >= 15 is 0 Å². The number of benzene rings is 1. The lowest BCUT2D eigenvalue weighted by atomic mass is 9.99. The lowest BCUT2D eigenvalue weighted by Gasteiger charge is -2.22. The van der Waals surface area contributed by atoms with Crippen LogP contribution in [0.25, 0.3) is 0 Å². The van der Waals surface area contributed by atoms with Crippen molar-refractivity contribution >= 4 is 5.97 Å². The van der Waals surface area contributed by atoms with Gasteiger partial charge in [0.1, 0.15) is 5.72 Å². The summed E-state index contributed by atoms with van der Waals surface area (Å²) in [6.07, 6.45) is -0.145. The number of carboxylic acid groups (broad SMARTS) is 1. The standard InChI is InChI=1S/C10H13NO3/c11-10(14,7-6-9(12)13)8-4-2-1-3-5-8/h1-5,14H,6-7,11H2,(H,12,13). The number of carboxylic acids is 1. The van der Waals surface area contributed by atoms with Crippen LogP contribution in [0.15, 0.2) is 30.3 Å². The van der Waals surface area contributed by atoms with Gasteiger partial charge in [-0.2, -0.15) is 0 Å². The third-order valence-corrected chi connectivity index (χ3v) is 1.99. The number of aliphatic hydroxyl groups is 1. The molecule has 0 spiro atoms. The molecule has 0 heterocycles. The molecule has 76 valence electrons. The van der Waals surface area contributed by atoms with Crippen LogP contribution in [0.2, 0.25) is 0 Å². The molecule has 1 atom stereocenters. The average Bonchev–Trinajstić information content (AvgIpc) is 2.16. The molecular weight excluding hydrogens is 182 g/mol. The van der Waals surface area contributed by atoms with E-state index in [1.807, 2.05) is 0 Å². The highest BCUT2D eigenvalue weighted by Crippen LogP contribution is 2.19. The van der Waals surface area contributed by atoms with Gasteiger partial charge in [-0.25, -0.2) is 0 Å². The summed E-state index contributed by atoms with van der Waals surface area (Å²) in [5.41, 5.74) is 4.55. The van der Waals surface area contributed by atoms with E-state index in [-0.39, 0.29) is 12.8 Å². The van der Waals surface area contributed by atoms with Crippen LogP contribution < -0.4 is 5.73 Å². The van der Waals surface area contributed by atoms with Gasteiger partial charge in [0.15, 0.2) is 0 Å². The highest BCUT2D eigenvalue weighted by atomic mass is 16.4. The molecule has 1 aromatic rings. The SMILES string of the molecule is NC(O)(CCC(=O)O)c1ccccc1. The van der Waals surface area contributed by atoms with Gasteiger partial charge < -0.3 is 10.2 Å². The van der Waals surface area contributed by atoms with Crippen LogP contribution in [0.1, 0.15) is 18.4 Å². The topological polar surface area (TPSA) is 83.5 Å². The minimum absolute atomic E-state index is 0.00630. The minimum atomic E-state index is -1.56. The molecule has 4 nitrogen and oxygen atoms in total. The summed E-state index contributed by atoms with van der Waals surface area (Å²) in [4.78, 5) is 10.3. The van der Waals surface area contributed by atoms with E-state index in [1.165, 1.54) is 0 Å². The van der Waals surface area contributed by atoms with E-state index in [0.717, 1.165) is 0 Å². The van der Waals surface area contributed by atoms with Gasteiger partial charge in [-0.3, -0.25) is 10.5 Å². The van der Waals surface area contributed by atoms with Crippen molar-refractivity contribution in [3.05, 3.63) is 35.9 Å². The fourth-order valence-corrected chi connectivity index (χ4v) is 1.17. The van der Waals surface area contributed by atoms with Crippen LogP contribution in [0.5, 0.6) is 0 Å². The van der Waals surface area contributed by atoms with Crippen LogP contribution in [-0.2, 0) is 10.5 Å². The molecule has 1 aromatic carbocycles. The fraction of sp³-hybridized carbons (Fsp3) is 0.300. The molecular formula is C10H13NO3. The van der Waals surface area contributed by atoms with Gasteiger partial charge in [-0.05, 0) is 5.56 Å². The van der Waals surface area contributed by atoms with Gasteiger partial charge in [0.05, 0.1) is 0 Å². The summed E-state index contributed by atoms with van der Waals surface area (Å²) < 4.78 is 0. The lowest BCUT2D eigenvalue weighted by molar-refractivity contribution is -0.138. The minimum Gasteiger partial charge on any atom is -0.481 e. The van der Waals surface area contributed by atoms with Crippen molar-refractivity contribution in [2.45, 2.75) is 18.6 Å². The second-order valence-electron chi connectivity index (χ2n) is 3.18. The van der Waals surface area contributed by atoms with Gasteiger partial charge in [0.2, 0.25) is 0 Å². The maximum Gasteiger partial charge on any atom is 0.303 e. The van der Waals surface area contributed by atoms with Gasteiger partial charge in [-0.1, -0.05) is 30.3 Å². The summed E-state index contributed by atoms with van der Waals surface area (Å²) >= 11 is 0. The van der Waals surface area contributed by atoms with Gasteiger partial charge >= 0.3 is 5.97 Å².